The zero-order chi connectivity index (χ0) is 19.3. The number of rotatable bonds is 0. The van der Waals surface area contributed by atoms with Gasteiger partial charge in [-0.1, -0.05) is 0 Å². The molecule has 8 nitrogen and oxygen atoms in total. The van der Waals surface area contributed by atoms with Gasteiger partial charge in [0, 0.05) is 21.1 Å². The van der Waals surface area contributed by atoms with Crippen molar-refractivity contribution < 1.29 is 54.0 Å². The summed E-state index contributed by atoms with van der Waals surface area (Å²) in [7, 11) is -2.67. The molecular formula is C12H40O8PtSi8-8. The molecule has 4 aliphatic rings. The Morgan fingerprint density at radius 1 is 0.310 bits per heavy atom. The second-order valence-electron chi connectivity index (χ2n) is 2.58. The Labute approximate surface area is 215 Å². The fraction of sp³-hybridized carbons (Fsp3) is 0. The second-order valence-corrected chi connectivity index (χ2v) is 17.5. The van der Waals surface area contributed by atoms with Crippen LogP contribution in [0.25, 0.3) is 0 Å². The molecule has 4 heterocycles. The summed E-state index contributed by atoms with van der Waals surface area (Å²) in [5.74, 6) is 0. The Hall–Kier alpha value is 1.06. The van der Waals surface area contributed by atoms with Crippen LogP contribution in [-0.2, 0) is 54.0 Å². The van der Waals surface area contributed by atoms with Crippen LogP contribution in [0.1, 0.15) is 0 Å². The maximum Gasteiger partial charge on any atom is 0.286 e. The standard InChI is InChI=1S/4C2H3.4CH3.4H4O2Si2.Pt/c4*1-2;;;;;4*1-3-2-4-1;/h4*1H,2H2;4*1H3;4*3-4H2;/q8*-1;;;;;. The SMILES string of the molecule is O1[SiH2]O[SiH2]1.O1[SiH2]O[SiH2]1.O1[SiH2]O[SiH2]1.O1[SiH2]O[SiH2]1.[CH-]=C.[CH-]=C.[CH-]=C.[CH-]=C.[CH3-].[CH3-].[CH3-].[CH3-].[Pt]. The summed E-state index contributed by atoms with van der Waals surface area (Å²) in [5.41, 5.74) is 0. The van der Waals surface area contributed by atoms with E-state index in [-0.39, 0.29) is 131 Å². The molecule has 0 saturated carbocycles. The third-order valence-electron chi connectivity index (χ3n) is 1.33. The van der Waals surface area contributed by atoms with E-state index in [1.807, 2.05) is 0 Å². The molecule has 17 heteroatoms. The molecule has 4 rings (SSSR count). The average molecular weight is 732 g/mol. The van der Waals surface area contributed by atoms with Gasteiger partial charge in [0.05, 0.1) is 0 Å². The van der Waals surface area contributed by atoms with E-state index in [0.717, 1.165) is 0 Å². The minimum absolute atomic E-state index is 0. The molecule has 0 aromatic heterocycles. The van der Waals surface area contributed by atoms with E-state index in [0.29, 0.717) is 0 Å². The van der Waals surface area contributed by atoms with E-state index in [1.165, 1.54) is 0 Å². The van der Waals surface area contributed by atoms with Crippen molar-refractivity contribution in [1.82, 2.24) is 0 Å². The Morgan fingerprint density at radius 3 is 0.345 bits per heavy atom. The molecule has 0 N–H and O–H groups in total. The van der Waals surface area contributed by atoms with Gasteiger partial charge in [-0.25, -0.2) is 0 Å². The van der Waals surface area contributed by atoms with Gasteiger partial charge in [-0.3, -0.25) is 26.3 Å². The molecule has 29 heavy (non-hydrogen) atoms. The Kier molecular flexibility index (Phi) is 155. The molecule has 0 aliphatic carbocycles. The summed E-state index contributed by atoms with van der Waals surface area (Å²) in [5, 5.41) is 0. The summed E-state index contributed by atoms with van der Waals surface area (Å²) in [6, 6.07) is 0. The van der Waals surface area contributed by atoms with Crippen LogP contribution in [0.2, 0.25) is 0 Å². The Balaban J connectivity index is -0.0000000225. The summed E-state index contributed by atoms with van der Waals surface area (Å²) < 4.78 is 38.2. The molecule has 0 unspecified atom stereocenters. The van der Waals surface area contributed by atoms with Crippen LogP contribution in [-0.4, -0.2) is 80.1 Å². The maximum atomic E-state index is 4.78. The van der Waals surface area contributed by atoms with Crippen LogP contribution in [0.3, 0.4) is 0 Å². The van der Waals surface area contributed by atoms with Gasteiger partial charge < -0.3 is 88.9 Å². The molecule has 0 radical (unpaired) electrons. The van der Waals surface area contributed by atoms with Crippen LogP contribution >= 0.6 is 0 Å². The van der Waals surface area contributed by atoms with Gasteiger partial charge in [-0.05, 0) is 0 Å². The summed E-state index contributed by atoms with van der Waals surface area (Å²) in [6.45, 7) is 28.0. The van der Waals surface area contributed by atoms with Crippen molar-refractivity contribution in [2.24, 2.45) is 0 Å². The smallest absolute Gasteiger partial charge is 0.286 e. The molecule has 4 aliphatic heterocycles. The van der Waals surface area contributed by atoms with Crippen molar-refractivity contribution in [2.45, 2.75) is 0 Å². The zero-order valence-electron chi connectivity index (χ0n) is 18.4. The molecule has 0 bridgehead atoms. The first-order valence-corrected chi connectivity index (χ1v) is 15.5. The Bertz CT molecular complexity index is 151. The van der Waals surface area contributed by atoms with Gasteiger partial charge in [0.25, 0.3) is 80.1 Å². The van der Waals surface area contributed by atoms with Crippen molar-refractivity contribution in [3.63, 3.8) is 0 Å². The van der Waals surface area contributed by atoms with Crippen molar-refractivity contribution >= 4 is 80.1 Å². The maximum absolute atomic E-state index is 4.78. The van der Waals surface area contributed by atoms with Crippen LogP contribution in [0, 0.1) is 56.0 Å². The molecule has 0 spiro atoms. The van der Waals surface area contributed by atoms with E-state index in [2.05, 4.69) is 52.6 Å². The summed E-state index contributed by atoms with van der Waals surface area (Å²) in [4.78, 5) is 0. The minimum Gasteiger partial charge on any atom is -0.521 e. The molecule has 4 saturated heterocycles. The van der Waals surface area contributed by atoms with Crippen LogP contribution in [0.4, 0.5) is 0 Å². The summed E-state index contributed by atoms with van der Waals surface area (Å²) in [6.07, 6.45) is 0. The zero-order valence-corrected chi connectivity index (χ0v) is 32.0. The molecule has 0 aromatic rings. The molecule has 186 valence electrons. The van der Waals surface area contributed by atoms with E-state index in [1.54, 1.807) is 0 Å². The first-order chi connectivity index (χ1) is 12.0. The van der Waals surface area contributed by atoms with E-state index in [4.69, 9.17) is 32.9 Å². The third kappa shape index (κ3) is 73.1. The minimum atomic E-state index is -0.333. The molecular weight excluding hydrogens is 692 g/mol. The quantitative estimate of drug-likeness (QED) is 0.187. The van der Waals surface area contributed by atoms with Gasteiger partial charge in [-0.2, -0.15) is 0 Å². The van der Waals surface area contributed by atoms with Gasteiger partial charge in [0.1, 0.15) is 0 Å². The molecule has 0 atom stereocenters. The molecule has 4 fully saturated rings. The first-order valence-electron chi connectivity index (χ1n) is 6.25. The van der Waals surface area contributed by atoms with Gasteiger partial charge in [0.15, 0.2) is 0 Å². The molecule has 0 amide bonds. The van der Waals surface area contributed by atoms with Crippen molar-refractivity contribution in [3.8, 4) is 0 Å². The normalized spacial score (nSPS) is 20.4. The van der Waals surface area contributed by atoms with Crippen molar-refractivity contribution in [1.29, 1.82) is 0 Å². The van der Waals surface area contributed by atoms with E-state index < -0.39 is 0 Å². The van der Waals surface area contributed by atoms with Crippen molar-refractivity contribution in [2.75, 3.05) is 0 Å². The fourth-order valence-electron chi connectivity index (χ4n) is 0.333. The second kappa shape index (κ2) is 78.6. The fourth-order valence-corrected chi connectivity index (χ4v) is 3.00. The number of hydrogen-bond donors (Lipinski definition) is 0. The third-order valence-corrected chi connectivity index (χ3v) is 12.0. The largest absolute Gasteiger partial charge is 0.521 e. The topological polar surface area (TPSA) is 73.8 Å². The molecule has 0 aromatic carbocycles. The van der Waals surface area contributed by atoms with Gasteiger partial charge in [0.2, 0.25) is 0 Å². The van der Waals surface area contributed by atoms with Crippen LogP contribution in [0.5, 0.6) is 0 Å². The predicted molar refractivity (Wildman–Crippen MR) is 142 cm³/mol. The van der Waals surface area contributed by atoms with Crippen molar-refractivity contribution in [3.05, 3.63) is 82.3 Å². The van der Waals surface area contributed by atoms with Gasteiger partial charge >= 0.3 is 0 Å². The Morgan fingerprint density at radius 2 is 0.345 bits per heavy atom. The average Bonchev–Trinajstić information content (AvgIpc) is 2.40. The van der Waals surface area contributed by atoms with E-state index >= 15 is 0 Å². The first kappa shape index (κ1) is 57.2. The van der Waals surface area contributed by atoms with Crippen LogP contribution in [0.15, 0.2) is 26.3 Å². The van der Waals surface area contributed by atoms with Gasteiger partial charge in [-0.15, -0.1) is 0 Å². The van der Waals surface area contributed by atoms with Crippen LogP contribution < -0.4 is 0 Å². The predicted octanol–water partition coefficient (Wildman–Crippen LogP) is -3.66. The summed E-state index contributed by atoms with van der Waals surface area (Å²) >= 11 is 0. The number of hydrogen-bond acceptors (Lipinski definition) is 8. The monoisotopic (exact) mass is 731 g/mol. The van der Waals surface area contributed by atoms with E-state index in [9.17, 15) is 0 Å².